The molecule has 0 bridgehead atoms. The molecule has 256 valence electrons. The summed E-state index contributed by atoms with van der Waals surface area (Å²) in [5.74, 6) is -0.173. The molecular formula is C31H49ClN8O6. The van der Waals surface area contributed by atoms with E-state index in [1.54, 1.807) is 6.20 Å². The number of methoxy groups -OCH3 is 2. The third-order valence-corrected chi connectivity index (χ3v) is 7.39. The minimum atomic E-state index is -0.519. The summed E-state index contributed by atoms with van der Waals surface area (Å²) in [5, 5.41) is 7.12. The van der Waals surface area contributed by atoms with Gasteiger partial charge in [0, 0.05) is 50.3 Å². The Bertz CT molecular complexity index is 1250. The molecule has 46 heavy (non-hydrogen) atoms. The molecule has 0 saturated carbocycles. The Morgan fingerprint density at radius 2 is 1.48 bits per heavy atom. The molecule has 2 N–H and O–H groups in total. The van der Waals surface area contributed by atoms with E-state index in [2.05, 4.69) is 72.6 Å². The van der Waals surface area contributed by atoms with Crippen molar-refractivity contribution in [1.29, 1.82) is 0 Å². The molecule has 2 aliphatic rings. The van der Waals surface area contributed by atoms with Crippen LogP contribution in [0.1, 0.15) is 82.3 Å². The normalized spacial score (nSPS) is 21.1. The first kappa shape index (κ1) is 38.6. The zero-order valence-corrected chi connectivity index (χ0v) is 29.1. The minimum absolute atomic E-state index is 0.150. The van der Waals surface area contributed by atoms with E-state index in [1.807, 2.05) is 25.7 Å². The van der Waals surface area contributed by atoms with Crippen LogP contribution in [0.2, 0.25) is 5.15 Å². The van der Waals surface area contributed by atoms with Gasteiger partial charge in [-0.2, -0.15) is 0 Å². The summed E-state index contributed by atoms with van der Waals surface area (Å²) in [4.78, 5) is 53.9. The molecule has 0 radical (unpaired) electrons. The molecule has 4 atom stereocenters. The SMILES string of the molecule is CC[C@H]1CN(c2cnc(C(=O)OC)cn2)[C@H](C)CN1.CC[C@H]1CN[C@H](C)CN1C(=O)OC(C)(C)C.COC(=O)c1cnc(Cl)cn1. The molecule has 0 aromatic carbocycles. The molecule has 4 heterocycles. The zero-order chi connectivity index (χ0) is 34.4. The van der Waals surface area contributed by atoms with Gasteiger partial charge in [0.2, 0.25) is 0 Å². The Balaban J connectivity index is 0.000000249. The van der Waals surface area contributed by atoms with Crippen molar-refractivity contribution in [2.24, 2.45) is 0 Å². The lowest BCUT2D eigenvalue weighted by Gasteiger charge is -2.39. The van der Waals surface area contributed by atoms with E-state index in [9.17, 15) is 14.4 Å². The number of nitrogens with zero attached hydrogens (tertiary/aromatic N) is 6. The number of halogens is 1. The highest BCUT2D eigenvalue weighted by Crippen LogP contribution is 2.18. The maximum absolute atomic E-state index is 12.0. The van der Waals surface area contributed by atoms with Crippen LogP contribution in [-0.2, 0) is 14.2 Å². The van der Waals surface area contributed by atoms with E-state index in [-0.39, 0.29) is 28.7 Å². The second-order valence-corrected chi connectivity index (χ2v) is 12.4. The molecule has 0 unspecified atom stereocenters. The van der Waals surface area contributed by atoms with E-state index in [1.165, 1.54) is 32.8 Å². The Labute approximate surface area is 277 Å². The number of rotatable bonds is 5. The summed E-state index contributed by atoms with van der Waals surface area (Å²) in [6.07, 6.45) is 7.50. The van der Waals surface area contributed by atoms with Crippen molar-refractivity contribution in [3.05, 3.63) is 41.3 Å². The number of nitrogens with one attached hydrogen (secondary N) is 2. The van der Waals surface area contributed by atoms with E-state index in [0.29, 0.717) is 18.1 Å². The first-order chi connectivity index (χ1) is 21.7. The van der Waals surface area contributed by atoms with Crippen LogP contribution in [0.4, 0.5) is 10.6 Å². The number of hydrogen-bond acceptors (Lipinski definition) is 13. The second kappa shape index (κ2) is 18.5. The van der Waals surface area contributed by atoms with Crippen molar-refractivity contribution in [2.75, 3.05) is 45.3 Å². The number of aromatic nitrogens is 4. The predicted octanol–water partition coefficient (Wildman–Crippen LogP) is 3.75. The lowest BCUT2D eigenvalue weighted by atomic mass is 10.1. The van der Waals surface area contributed by atoms with Crippen LogP contribution in [0, 0.1) is 0 Å². The molecule has 0 spiro atoms. The quantitative estimate of drug-likeness (QED) is 0.352. The zero-order valence-electron chi connectivity index (χ0n) is 28.4. The lowest BCUT2D eigenvalue weighted by Crippen LogP contribution is -2.57. The van der Waals surface area contributed by atoms with E-state index >= 15 is 0 Å². The molecule has 2 fully saturated rings. The third-order valence-electron chi connectivity index (χ3n) is 7.20. The first-order valence-corrected chi connectivity index (χ1v) is 15.8. The summed E-state index contributed by atoms with van der Waals surface area (Å²) in [7, 11) is 2.61. The first-order valence-electron chi connectivity index (χ1n) is 15.4. The van der Waals surface area contributed by atoms with Crippen LogP contribution in [0.25, 0.3) is 0 Å². The largest absolute Gasteiger partial charge is 0.464 e. The van der Waals surface area contributed by atoms with Gasteiger partial charge in [0.05, 0.1) is 39.0 Å². The van der Waals surface area contributed by atoms with Gasteiger partial charge in [0.15, 0.2) is 11.4 Å². The highest BCUT2D eigenvalue weighted by molar-refractivity contribution is 6.29. The van der Waals surface area contributed by atoms with E-state index in [0.717, 1.165) is 44.8 Å². The number of anilines is 1. The molecule has 4 rings (SSSR count). The van der Waals surface area contributed by atoms with Crippen molar-refractivity contribution in [3.8, 4) is 0 Å². The van der Waals surface area contributed by atoms with Gasteiger partial charge in [-0.1, -0.05) is 25.4 Å². The third kappa shape index (κ3) is 12.3. The molecule has 2 aliphatic heterocycles. The molecule has 15 heteroatoms. The Kier molecular flexibility index (Phi) is 15.5. The minimum Gasteiger partial charge on any atom is -0.464 e. The van der Waals surface area contributed by atoms with Gasteiger partial charge < -0.3 is 34.6 Å². The maximum atomic E-state index is 12.0. The van der Waals surface area contributed by atoms with Gasteiger partial charge in [0.25, 0.3) is 0 Å². The van der Waals surface area contributed by atoms with Crippen LogP contribution in [0.5, 0.6) is 0 Å². The average molecular weight is 665 g/mol. The Hall–Kier alpha value is -3.62. The number of carbonyl (C=O) groups is 3. The number of piperazine rings is 2. The summed E-state index contributed by atoms with van der Waals surface area (Å²) in [6, 6.07) is 1.43. The Morgan fingerprint density at radius 3 is 1.96 bits per heavy atom. The van der Waals surface area contributed by atoms with Gasteiger partial charge >= 0.3 is 18.0 Å². The van der Waals surface area contributed by atoms with Crippen molar-refractivity contribution < 1.29 is 28.6 Å². The second-order valence-electron chi connectivity index (χ2n) is 12.0. The molecule has 1 amide bonds. The summed E-state index contributed by atoms with van der Waals surface area (Å²) < 4.78 is 14.4. The molecule has 0 aliphatic carbocycles. The number of esters is 2. The van der Waals surface area contributed by atoms with Crippen molar-refractivity contribution in [2.45, 2.75) is 91.1 Å². The maximum Gasteiger partial charge on any atom is 0.410 e. The van der Waals surface area contributed by atoms with E-state index in [4.69, 9.17) is 16.3 Å². The topological polar surface area (TPSA) is 161 Å². The molecule has 2 saturated heterocycles. The van der Waals surface area contributed by atoms with Crippen LogP contribution in [0.15, 0.2) is 24.8 Å². The number of amides is 1. The number of carbonyl (C=O) groups excluding carboxylic acids is 3. The summed E-state index contributed by atoms with van der Waals surface area (Å²) >= 11 is 5.43. The number of ether oxygens (including phenoxy) is 3. The Morgan fingerprint density at radius 1 is 0.870 bits per heavy atom. The molecule has 2 aromatic heterocycles. The van der Waals surface area contributed by atoms with E-state index < -0.39 is 17.5 Å². The van der Waals surface area contributed by atoms with Gasteiger partial charge in [-0.15, -0.1) is 0 Å². The van der Waals surface area contributed by atoms with Gasteiger partial charge in [-0.3, -0.25) is 0 Å². The van der Waals surface area contributed by atoms with Crippen LogP contribution >= 0.6 is 11.6 Å². The van der Waals surface area contributed by atoms with Crippen molar-refractivity contribution >= 4 is 35.5 Å². The van der Waals surface area contributed by atoms with Crippen LogP contribution in [-0.4, -0.2) is 113 Å². The van der Waals surface area contributed by atoms with Crippen LogP contribution in [0.3, 0.4) is 0 Å². The lowest BCUT2D eigenvalue weighted by molar-refractivity contribution is 0.00777. The molecule has 14 nitrogen and oxygen atoms in total. The van der Waals surface area contributed by atoms with Crippen molar-refractivity contribution in [1.82, 2.24) is 35.5 Å². The highest BCUT2D eigenvalue weighted by atomic mass is 35.5. The predicted molar refractivity (Wildman–Crippen MR) is 175 cm³/mol. The van der Waals surface area contributed by atoms with Gasteiger partial charge in [0.1, 0.15) is 16.6 Å². The fraction of sp³-hybridized carbons (Fsp3) is 0.645. The molecule has 2 aromatic rings. The highest BCUT2D eigenvalue weighted by Gasteiger charge is 2.31. The fourth-order valence-electron chi connectivity index (χ4n) is 4.59. The van der Waals surface area contributed by atoms with Crippen LogP contribution < -0.4 is 15.5 Å². The monoisotopic (exact) mass is 664 g/mol. The number of hydrogen-bond donors (Lipinski definition) is 2. The van der Waals surface area contributed by atoms with Crippen molar-refractivity contribution in [3.63, 3.8) is 0 Å². The smallest absolute Gasteiger partial charge is 0.410 e. The average Bonchev–Trinajstić information content (AvgIpc) is 3.04. The summed E-state index contributed by atoms with van der Waals surface area (Å²) in [6.45, 7) is 17.6. The van der Waals surface area contributed by atoms with Gasteiger partial charge in [-0.05, 0) is 47.5 Å². The standard InChI is InChI=1S/C13H20N4O2.C12H24N2O2.C6H5ClN2O2/c1-4-10-8-17(9(2)5-14-10)12-7-15-11(6-16-12)13(18)19-3;1-6-10-7-13-9(2)8-14(10)11(15)16-12(3,4)5;1-11-6(10)4-2-9-5(7)3-8-4/h6-7,9-10,14H,4-5,8H2,1-3H3;9-10,13H,6-8H2,1-5H3;2-3H,1H3/t2*9-,10+;/m11./s1. The molecular weight excluding hydrogens is 616 g/mol. The fourth-order valence-corrected chi connectivity index (χ4v) is 4.69. The summed E-state index contributed by atoms with van der Waals surface area (Å²) in [5.41, 5.74) is -0.0262. The van der Waals surface area contributed by atoms with Gasteiger partial charge in [-0.25, -0.2) is 34.3 Å².